The van der Waals surface area contributed by atoms with Crippen molar-refractivity contribution in [2.75, 3.05) is 11.9 Å². The summed E-state index contributed by atoms with van der Waals surface area (Å²) in [6.45, 7) is -0.339. The van der Waals surface area contributed by atoms with Gasteiger partial charge in [0.2, 0.25) is 15.9 Å². The van der Waals surface area contributed by atoms with E-state index in [1.807, 2.05) is 0 Å². The van der Waals surface area contributed by atoms with Crippen molar-refractivity contribution in [1.82, 2.24) is 4.31 Å². The van der Waals surface area contributed by atoms with Crippen LogP contribution in [-0.2, 0) is 40.4 Å². The lowest BCUT2D eigenvalue weighted by Crippen LogP contribution is -2.37. The number of hydrogen-bond donors (Lipinski definition) is 1. The number of sulfonamides is 1. The highest BCUT2D eigenvalue weighted by Gasteiger charge is 2.37. The Morgan fingerprint density at radius 1 is 0.974 bits per heavy atom. The largest absolute Gasteiger partial charge is 0.573 e. The third-order valence-electron chi connectivity index (χ3n) is 5.92. The molecule has 0 aromatic heterocycles. The summed E-state index contributed by atoms with van der Waals surface area (Å²) in [6.07, 6.45) is -9.77. The van der Waals surface area contributed by atoms with Gasteiger partial charge in [-0.1, -0.05) is 41.9 Å². The van der Waals surface area contributed by atoms with Crippen molar-refractivity contribution >= 4 is 33.2 Å². The Bertz CT molecular complexity index is 1490. The monoisotopic (exact) mass is 592 g/mol. The Morgan fingerprint density at radius 2 is 1.64 bits per heavy atom. The Labute approximate surface area is 224 Å². The van der Waals surface area contributed by atoms with Gasteiger partial charge in [0.25, 0.3) is 0 Å². The second-order valence-corrected chi connectivity index (χ2v) is 10.9. The van der Waals surface area contributed by atoms with E-state index in [4.69, 9.17) is 11.6 Å². The minimum absolute atomic E-state index is 0.0767. The van der Waals surface area contributed by atoms with E-state index < -0.39 is 44.7 Å². The first-order chi connectivity index (χ1) is 18.1. The predicted molar refractivity (Wildman–Crippen MR) is 130 cm³/mol. The Balaban J connectivity index is 1.53. The maximum Gasteiger partial charge on any atom is 0.573 e. The smallest absolute Gasteiger partial charge is 0.404 e. The number of hydrogen-bond acceptors (Lipinski definition) is 4. The number of anilines is 1. The fourth-order valence-electron chi connectivity index (χ4n) is 4.13. The highest BCUT2D eigenvalue weighted by Crippen LogP contribution is 2.37. The van der Waals surface area contributed by atoms with Crippen LogP contribution in [0.2, 0.25) is 5.02 Å². The average molecular weight is 593 g/mol. The molecule has 0 fully saturated rings. The van der Waals surface area contributed by atoms with Gasteiger partial charge in [0, 0.05) is 13.1 Å². The number of nitrogens with zero attached hydrogens (tertiary/aromatic N) is 1. The van der Waals surface area contributed by atoms with Gasteiger partial charge in [0.1, 0.15) is 10.6 Å². The summed E-state index contributed by atoms with van der Waals surface area (Å²) in [7, 11) is -4.40. The van der Waals surface area contributed by atoms with Crippen LogP contribution >= 0.6 is 11.6 Å². The van der Waals surface area contributed by atoms with Gasteiger partial charge in [-0.25, -0.2) is 8.42 Å². The lowest BCUT2D eigenvalue weighted by molar-refractivity contribution is -0.275. The summed E-state index contributed by atoms with van der Waals surface area (Å²) in [6, 6.07) is 11.5. The molecular weight excluding hydrogens is 574 g/mol. The average Bonchev–Trinajstić information content (AvgIpc) is 2.84. The minimum Gasteiger partial charge on any atom is -0.404 e. The van der Waals surface area contributed by atoms with Crippen molar-refractivity contribution in [1.29, 1.82) is 0 Å². The van der Waals surface area contributed by atoms with Crippen LogP contribution in [0.5, 0.6) is 5.75 Å². The number of amides is 1. The van der Waals surface area contributed by atoms with E-state index in [-0.39, 0.29) is 36.6 Å². The molecule has 6 nitrogen and oxygen atoms in total. The first-order valence-corrected chi connectivity index (χ1v) is 13.1. The second kappa shape index (κ2) is 10.7. The Kier molecular flexibility index (Phi) is 7.88. The van der Waals surface area contributed by atoms with Gasteiger partial charge in [0.15, 0.2) is 0 Å². The number of halogens is 7. The number of alkyl halides is 6. The molecule has 14 heteroatoms. The third kappa shape index (κ3) is 6.65. The third-order valence-corrected chi connectivity index (χ3v) is 8.12. The van der Waals surface area contributed by atoms with E-state index >= 15 is 0 Å². The molecule has 1 aliphatic rings. The summed E-state index contributed by atoms with van der Waals surface area (Å²) in [5, 5.41) is 2.81. The molecule has 3 aromatic rings. The van der Waals surface area contributed by atoms with Gasteiger partial charge in [-0.2, -0.15) is 17.5 Å². The number of carbonyl (C=O) groups excluding carboxylic acids is 1. The molecule has 1 N–H and O–H groups in total. The molecule has 0 radical (unpaired) electrons. The first kappa shape index (κ1) is 28.7. The molecule has 0 aliphatic carbocycles. The minimum atomic E-state index is -5.09. The number of fused-ring (bicyclic) bond motifs is 1. The van der Waals surface area contributed by atoms with E-state index in [0.29, 0.717) is 16.7 Å². The molecule has 4 rings (SSSR count). The maximum atomic E-state index is 13.2. The zero-order valence-corrected chi connectivity index (χ0v) is 21.3. The molecule has 1 amide bonds. The van der Waals surface area contributed by atoms with E-state index in [1.54, 1.807) is 6.07 Å². The van der Waals surface area contributed by atoms with Crippen LogP contribution in [0.1, 0.15) is 22.3 Å². The number of rotatable bonds is 6. The molecule has 0 spiro atoms. The van der Waals surface area contributed by atoms with Gasteiger partial charge in [-0.05, 0) is 53.4 Å². The molecule has 1 aliphatic heterocycles. The van der Waals surface area contributed by atoms with Crippen molar-refractivity contribution in [2.45, 2.75) is 36.8 Å². The van der Waals surface area contributed by atoms with Gasteiger partial charge in [0.05, 0.1) is 22.7 Å². The molecule has 0 saturated heterocycles. The van der Waals surface area contributed by atoms with Crippen LogP contribution in [0.4, 0.5) is 32.0 Å². The molecule has 1 heterocycles. The highest BCUT2D eigenvalue weighted by atomic mass is 35.5. The van der Waals surface area contributed by atoms with Gasteiger partial charge < -0.3 is 10.1 Å². The summed E-state index contributed by atoms with van der Waals surface area (Å²) in [5.74, 6) is -1.42. The van der Waals surface area contributed by atoms with Gasteiger partial charge in [-0.3, -0.25) is 4.79 Å². The molecule has 3 aromatic carbocycles. The molecule has 208 valence electrons. The van der Waals surface area contributed by atoms with Crippen LogP contribution in [0.15, 0.2) is 65.6 Å². The van der Waals surface area contributed by atoms with E-state index in [1.165, 1.54) is 30.3 Å². The van der Waals surface area contributed by atoms with Gasteiger partial charge in [-0.15, -0.1) is 13.2 Å². The van der Waals surface area contributed by atoms with Crippen molar-refractivity contribution in [2.24, 2.45) is 0 Å². The van der Waals surface area contributed by atoms with E-state index in [2.05, 4.69) is 10.1 Å². The summed E-state index contributed by atoms with van der Waals surface area (Å²) in [4.78, 5) is 12.0. The van der Waals surface area contributed by atoms with Crippen LogP contribution < -0.4 is 10.1 Å². The topological polar surface area (TPSA) is 75.7 Å². The first-order valence-electron chi connectivity index (χ1n) is 11.3. The molecule has 0 unspecified atom stereocenters. The lowest BCUT2D eigenvalue weighted by Gasteiger charge is -2.30. The number of carbonyl (C=O) groups is 1. The summed E-state index contributed by atoms with van der Waals surface area (Å²) < 4.78 is 108. The Morgan fingerprint density at radius 3 is 2.28 bits per heavy atom. The zero-order valence-electron chi connectivity index (χ0n) is 19.7. The molecule has 0 bridgehead atoms. The molecule has 0 atom stereocenters. The molecule has 39 heavy (non-hydrogen) atoms. The number of nitrogens with one attached hydrogen (secondary N) is 1. The lowest BCUT2D eigenvalue weighted by atomic mass is 9.98. The van der Waals surface area contributed by atoms with Crippen molar-refractivity contribution in [3.8, 4) is 5.75 Å². The van der Waals surface area contributed by atoms with Gasteiger partial charge >= 0.3 is 12.5 Å². The molecular formula is C25H19ClF6N2O4S. The van der Waals surface area contributed by atoms with Crippen LogP contribution in [-0.4, -0.2) is 31.5 Å². The summed E-state index contributed by atoms with van der Waals surface area (Å²) >= 11 is 6.29. The quantitative estimate of drug-likeness (QED) is 0.347. The highest BCUT2D eigenvalue weighted by molar-refractivity contribution is 7.89. The summed E-state index contributed by atoms with van der Waals surface area (Å²) in [5.41, 5.74) is 0.712. The number of benzene rings is 3. The SMILES string of the molecule is O=C(Cc1ccc(C(F)(F)F)cc1)Nc1c(Cl)ccc2c1CCN(S(=O)(=O)c1ccccc1OC(F)(F)F)C2. The Hall–Kier alpha value is -3.29. The van der Waals surface area contributed by atoms with Crippen molar-refractivity contribution in [3.63, 3.8) is 0 Å². The predicted octanol–water partition coefficient (Wildman–Crippen LogP) is 6.19. The standard InChI is InChI=1S/C25H19ClF6N2O4S/c26-19-10-7-16-14-34(39(36,37)21-4-2-1-3-20(21)38-25(30,31)32)12-11-18(16)23(19)33-22(35)13-15-5-8-17(9-6-15)24(27,28)29/h1-10H,11-14H2,(H,33,35). The van der Waals surface area contributed by atoms with Crippen LogP contribution in [0.3, 0.4) is 0 Å². The fraction of sp³-hybridized carbons (Fsp3) is 0.240. The normalized spacial score (nSPS) is 14.5. The van der Waals surface area contributed by atoms with E-state index in [0.717, 1.165) is 28.6 Å². The van der Waals surface area contributed by atoms with Crippen LogP contribution in [0, 0.1) is 0 Å². The zero-order chi connectivity index (χ0) is 28.6. The fourth-order valence-corrected chi connectivity index (χ4v) is 5.89. The number of ether oxygens (including phenoxy) is 1. The second-order valence-electron chi connectivity index (χ2n) is 8.56. The van der Waals surface area contributed by atoms with Crippen molar-refractivity contribution in [3.05, 3.63) is 87.9 Å². The number of para-hydroxylation sites is 1. The van der Waals surface area contributed by atoms with Crippen LogP contribution in [0.25, 0.3) is 0 Å². The molecule has 0 saturated carbocycles. The van der Waals surface area contributed by atoms with Crippen molar-refractivity contribution < 1.29 is 44.3 Å². The maximum absolute atomic E-state index is 13.2. The van der Waals surface area contributed by atoms with E-state index in [9.17, 15) is 39.6 Å².